The van der Waals surface area contributed by atoms with E-state index in [0.29, 0.717) is 13.1 Å². The standard InChI is InChI=1S/C22H26N4O2/c1-14(27)26-12-15(16-7-5-6-8-19(16)26)11-25-10-9-18-17(13-25)20(28)24-21(23-18)22(2,3)4/h5-8,12H,9-11,13H2,1-4H3,(H,23,24,28). The first kappa shape index (κ1) is 18.6. The Morgan fingerprint density at radius 2 is 2.00 bits per heavy atom. The fourth-order valence-electron chi connectivity index (χ4n) is 3.85. The highest BCUT2D eigenvalue weighted by molar-refractivity contribution is 5.93. The van der Waals surface area contributed by atoms with Gasteiger partial charge < -0.3 is 4.98 Å². The van der Waals surface area contributed by atoms with Gasteiger partial charge >= 0.3 is 0 Å². The predicted molar refractivity (Wildman–Crippen MR) is 110 cm³/mol. The second-order valence-corrected chi connectivity index (χ2v) is 8.61. The number of hydrogen-bond donors (Lipinski definition) is 1. The van der Waals surface area contributed by atoms with Gasteiger partial charge in [-0.25, -0.2) is 4.98 Å². The minimum atomic E-state index is -0.181. The number of aromatic amines is 1. The van der Waals surface area contributed by atoms with Crippen LogP contribution in [0.5, 0.6) is 0 Å². The fourth-order valence-corrected chi connectivity index (χ4v) is 3.85. The van der Waals surface area contributed by atoms with Crippen LogP contribution in [0, 0.1) is 0 Å². The number of nitrogens with zero attached hydrogens (tertiary/aromatic N) is 3. The van der Waals surface area contributed by atoms with E-state index in [1.807, 2.05) is 30.5 Å². The first-order valence-corrected chi connectivity index (χ1v) is 9.69. The van der Waals surface area contributed by atoms with Crippen molar-refractivity contribution in [2.75, 3.05) is 6.54 Å². The molecule has 6 nitrogen and oxygen atoms in total. The van der Waals surface area contributed by atoms with Gasteiger partial charge in [-0.3, -0.25) is 19.1 Å². The minimum absolute atomic E-state index is 0.00166. The molecule has 0 spiro atoms. The molecular weight excluding hydrogens is 352 g/mol. The van der Waals surface area contributed by atoms with E-state index >= 15 is 0 Å². The van der Waals surface area contributed by atoms with Gasteiger partial charge in [-0.15, -0.1) is 0 Å². The third-order valence-electron chi connectivity index (χ3n) is 5.39. The number of nitrogens with one attached hydrogen (secondary N) is 1. The number of fused-ring (bicyclic) bond motifs is 2. The van der Waals surface area contributed by atoms with Crippen molar-refractivity contribution in [1.82, 2.24) is 19.4 Å². The Morgan fingerprint density at radius 3 is 2.71 bits per heavy atom. The molecule has 6 heteroatoms. The summed E-state index contributed by atoms with van der Waals surface area (Å²) in [5.74, 6) is 0.746. The zero-order chi connectivity index (χ0) is 20.1. The molecule has 1 aliphatic rings. The van der Waals surface area contributed by atoms with Crippen LogP contribution < -0.4 is 5.56 Å². The van der Waals surface area contributed by atoms with E-state index in [0.717, 1.165) is 46.5 Å². The Labute approximate surface area is 164 Å². The van der Waals surface area contributed by atoms with Gasteiger partial charge in [0.25, 0.3) is 5.56 Å². The first-order chi connectivity index (χ1) is 13.2. The molecule has 0 saturated carbocycles. The first-order valence-electron chi connectivity index (χ1n) is 9.69. The lowest BCUT2D eigenvalue weighted by Crippen LogP contribution is -2.37. The van der Waals surface area contributed by atoms with E-state index in [4.69, 9.17) is 4.98 Å². The zero-order valence-electron chi connectivity index (χ0n) is 16.9. The predicted octanol–water partition coefficient (Wildman–Crippen LogP) is 3.24. The van der Waals surface area contributed by atoms with Crippen molar-refractivity contribution in [3.63, 3.8) is 0 Å². The highest BCUT2D eigenvalue weighted by Gasteiger charge is 2.25. The summed E-state index contributed by atoms with van der Waals surface area (Å²) in [6, 6.07) is 7.95. The van der Waals surface area contributed by atoms with Crippen LogP contribution in [0.4, 0.5) is 0 Å². The van der Waals surface area contributed by atoms with Crippen molar-refractivity contribution in [1.29, 1.82) is 0 Å². The second kappa shape index (κ2) is 6.71. The summed E-state index contributed by atoms with van der Waals surface area (Å²) in [4.78, 5) is 34.6. The van der Waals surface area contributed by atoms with Crippen LogP contribution in [0.15, 0.2) is 35.3 Å². The number of carbonyl (C=O) groups is 1. The molecule has 0 unspecified atom stereocenters. The average molecular weight is 378 g/mol. The Kier molecular flexibility index (Phi) is 4.46. The van der Waals surface area contributed by atoms with Crippen molar-refractivity contribution in [2.45, 2.75) is 52.6 Å². The molecule has 1 aliphatic heterocycles. The van der Waals surface area contributed by atoms with Gasteiger partial charge in [-0.05, 0) is 11.6 Å². The fraction of sp³-hybridized carbons (Fsp3) is 0.409. The second-order valence-electron chi connectivity index (χ2n) is 8.61. The third-order valence-corrected chi connectivity index (χ3v) is 5.39. The third kappa shape index (κ3) is 3.29. The maximum Gasteiger partial charge on any atom is 0.255 e. The molecule has 2 aromatic heterocycles. The number of H-pyrrole nitrogens is 1. The number of aromatic nitrogens is 3. The van der Waals surface area contributed by atoms with Crippen LogP contribution in [0.3, 0.4) is 0 Å². The van der Waals surface area contributed by atoms with Gasteiger partial charge in [0, 0.05) is 50.0 Å². The van der Waals surface area contributed by atoms with Gasteiger partial charge in [0.1, 0.15) is 5.82 Å². The molecule has 0 saturated heterocycles. The van der Waals surface area contributed by atoms with Crippen molar-refractivity contribution < 1.29 is 4.79 Å². The molecule has 4 rings (SSSR count). The average Bonchev–Trinajstić information content (AvgIpc) is 3.00. The summed E-state index contributed by atoms with van der Waals surface area (Å²) in [6.45, 7) is 9.84. The Hall–Kier alpha value is -2.73. The molecule has 0 atom stereocenters. The number of hydrogen-bond acceptors (Lipinski definition) is 4. The van der Waals surface area contributed by atoms with Gasteiger partial charge in [-0.2, -0.15) is 0 Å². The Bertz CT molecular complexity index is 1120. The SMILES string of the molecule is CC(=O)n1cc(CN2CCc3nc(C(C)(C)C)[nH]c(=O)c3C2)c2ccccc21. The van der Waals surface area contributed by atoms with Crippen molar-refractivity contribution >= 4 is 16.8 Å². The van der Waals surface area contributed by atoms with E-state index in [1.165, 1.54) is 0 Å². The van der Waals surface area contributed by atoms with Gasteiger partial charge in [0.2, 0.25) is 5.91 Å². The van der Waals surface area contributed by atoms with Crippen LogP contribution in [0.25, 0.3) is 10.9 Å². The monoisotopic (exact) mass is 378 g/mol. The highest BCUT2D eigenvalue weighted by Crippen LogP contribution is 2.25. The number of benzene rings is 1. The lowest BCUT2D eigenvalue weighted by Gasteiger charge is -2.28. The summed E-state index contributed by atoms with van der Waals surface area (Å²) in [5.41, 5.74) is 3.48. The van der Waals surface area contributed by atoms with Crippen molar-refractivity contribution in [2.24, 2.45) is 0 Å². The molecule has 0 aliphatic carbocycles. The maximum atomic E-state index is 12.7. The van der Waals surface area contributed by atoms with Crippen molar-refractivity contribution in [3.05, 3.63) is 63.5 Å². The molecule has 3 heterocycles. The molecule has 28 heavy (non-hydrogen) atoms. The molecule has 0 radical (unpaired) electrons. The van der Waals surface area contributed by atoms with Crippen LogP contribution in [-0.2, 0) is 24.9 Å². The zero-order valence-corrected chi connectivity index (χ0v) is 16.9. The highest BCUT2D eigenvalue weighted by atomic mass is 16.1. The van der Waals surface area contributed by atoms with Crippen LogP contribution in [0.2, 0.25) is 0 Å². The number of carbonyl (C=O) groups excluding carboxylic acids is 1. The lowest BCUT2D eigenvalue weighted by molar-refractivity contribution is 0.0941. The van der Waals surface area contributed by atoms with E-state index in [2.05, 4.69) is 30.7 Å². The van der Waals surface area contributed by atoms with Crippen molar-refractivity contribution in [3.8, 4) is 0 Å². The summed E-state index contributed by atoms with van der Waals surface area (Å²) in [7, 11) is 0. The van der Waals surface area contributed by atoms with E-state index in [1.54, 1.807) is 11.5 Å². The molecule has 3 aromatic rings. The molecule has 1 N–H and O–H groups in total. The minimum Gasteiger partial charge on any atom is -0.310 e. The van der Waals surface area contributed by atoms with E-state index in [9.17, 15) is 9.59 Å². The molecule has 0 amide bonds. The molecule has 0 fully saturated rings. The lowest BCUT2D eigenvalue weighted by atomic mass is 9.95. The maximum absolute atomic E-state index is 12.7. The number of rotatable bonds is 2. The number of para-hydroxylation sites is 1. The summed E-state index contributed by atoms with van der Waals surface area (Å²) in [5, 5.41) is 1.08. The largest absolute Gasteiger partial charge is 0.310 e. The van der Waals surface area contributed by atoms with Crippen LogP contribution >= 0.6 is 0 Å². The topological polar surface area (TPSA) is 71.0 Å². The summed E-state index contributed by atoms with van der Waals surface area (Å²) < 4.78 is 1.70. The van der Waals surface area contributed by atoms with Gasteiger partial charge in [0.15, 0.2) is 0 Å². The molecule has 0 bridgehead atoms. The Morgan fingerprint density at radius 1 is 1.25 bits per heavy atom. The Balaban J connectivity index is 1.64. The van der Waals surface area contributed by atoms with Crippen LogP contribution in [0.1, 0.15) is 55.1 Å². The quantitative estimate of drug-likeness (QED) is 0.743. The summed E-state index contributed by atoms with van der Waals surface area (Å²) >= 11 is 0. The van der Waals surface area contributed by atoms with Gasteiger partial charge in [0.05, 0.1) is 16.8 Å². The van der Waals surface area contributed by atoms with Gasteiger partial charge in [-0.1, -0.05) is 39.0 Å². The van der Waals surface area contributed by atoms with Crippen LogP contribution in [-0.4, -0.2) is 31.9 Å². The van der Waals surface area contributed by atoms with E-state index < -0.39 is 0 Å². The summed E-state index contributed by atoms with van der Waals surface area (Å²) in [6.07, 6.45) is 2.68. The molecule has 146 valence electrons. The normalized spacial score (nSPS) is 15.0. The molecule has 1 aromatic carbocycles. The smallest absolute Gasteiger partial charge is 0.255 e. The molecular formula is C22H26N4O2. The van der Waals surface area contributed by atoms with E-state index in [-0.39, 0.29) is 16.9 Å².